The number of esters is 1. The molecular formula is C25H23N3O3. The molecule has 1 atom stereocenters. The van der Waals surface area contributed by atoms with E-state index in [9.17, 15) is 9.59 Å². The summed E-state index contributed by atoms with van der Waals surface area (Å²) in [5.41, 5.74) is 3.92. The number of imidazole rings is 1. The van der Waals surface area contributed by atoms with Gasteiger partial charge in [0.2, 0.25) is 0 Å². The summed E-state index contributed by atoms with van der Waals surface area (Å²) < 4.78 is 7.40. The Bertz CT molecular complexity index is 1220. The fraction of sp³-hybridized carbons (Fsp3) is 0.160. The number of hydrogen-bond acceptors (Lipinski definition) is 4. The van der Waals surface area contributed by atoms with Crippen LogP contribution in [0.2, 0.25) is 0 Å². The van der Waals surface area contributed by atoms with Crippen LogP contribution in [0.25, 0.3) is 16.7 Å². The first-order valence-electron chi connectivity index (χ1n) is 10.1. The molecule has 6 heteroatoms. The molecule has 0 unspecified atom stereocenters. The highest BCUT2D eigenvalue weighted by Crippen LogP contribution is 2.22. The molecule has 0 fully saturated rings. The van der Waals surface area contributed by atoms with Crippen LogP contribution in [0.1, 0.15) is 28.7 Å². The number of fused-ring (bicyclic) bond motifs is 1. The average molecular weight is 413 g/mol. The van der Waals surface area contributed by atoms with E-state index in [4.69, 9.17) is 4.74 Å². The van der Waals surface area contributed by atoms with Gasteiger partial charge < -0.3 is 10.1 Å². The molecule has 0 saturated carbocycles. The van der Waals surface area contributed by atoms with Gasteiger partial charge in [-0.1, -0.05) is 48.5 Å². The summed E-state index contributed by atoms with van der Waals surface area (Å²) in [5, 5.41) is 2.78. The number of benzene rings is 3. The first kappa shape index (κ1) is 20.3. The number of carbonyl (C=O) groups excluding carboxylic acids is 2. The van der Waals surface area contributed by atoms with Crippen molar-refractivity contribution in [2.75, 3.05) is 0 Å². The van der Waals surface area contributed by atoms with Crippen molar-refractivity contribution in [1.29, 1.82) is 0 Å². The van der Waals surface area contributed by atoms with Gasteiger partial charge in [-0.15, -0.1) is 0 Å². The van der Waals surface area contributed by atoms with Crippen molar-refractivity contribution in [1.82, 2.24) is 14.9 Å². The number of carbonyl (C=O) groups is 2. The lowest BCUT2D eigenvalue weighted by Gasteiger charge is -2.13. The lowest BCUT2D eigenvalue weighted by molar-refractivity contribution is -0.129. The van der Waals surface area contributed by atoms with Gasteiger partial charge in [-0.25, -0.2) is 9.78 Å². The molecule has 0 radical (unpaired) electrons. The number of nitrogens with zero attached hydrogens (tertiary/aromatic N) is 2. The number of amides is 1. The first-order valence-corrected chi connectivity index (χ1v) is 10.1. The largest absolute Gasteiger partial charge is 0.449 e. The van der Waals surface area contributed by atoms with Gasteiger partial charge in [-0.2, -0.15) is 0 Å². The number of aromatic nitrogens is 2. The fourth-order valence-electron chi connectivity index (χ4n) is 3.44. The van der Waals surface area contributed by atoms with Gasteiger partial charge in [0.15, 0.2) is 6.10 Å². The predicted octanol–water partition coefficient (Wildman–Crippen LogP) is 4.20. The lowest BCUT2D eigenvalue weighted by atomic mass is 10.2. The Labute approximate surface area is 180 Å². The number of ether oxygens (including phenoxy) is 1. The van der Waals surface area contributed by atoms with Gasteiger partial charge in [0, 0.05) is 12.2 Å². The second kappa shape index (κ2) is 8.83. The Morgan fingerprint density at radius 1 is 1.00 bits per heavy atom. The average Bonchev–Trinajstić information content (AvgIpc) is 3.13. The minimum atomic E-state index is -0.907. The van der Waals surface area contributed by atoms with E-state index in [2.05, 4.69) is 10.3 Å². The zero-order valence-electron chi connectivity index (χ0n) is 17.4. The summed E-state index contributed by atoms with van der Waals surface area (Å²) in [6.07, 6.45) is -0.907. The molecule has 6 nitrogen and oxygen atoms in total. The maximum atomic E-state index is 12.6. The molecule has 0 spiro atoms. The molecule has 31 heavy (non-hydrogen) atoms. The van der Waals surface area contributed by atoms with Gasteiger partial charge in [-0.3, -0.25) is 9.36 Å². The zero-order valence-corrected chi connectivity index (χ0v) is 17.4. The number of nitrogens with one attached hydrogen (secondary N) is 1. The summed E-state index contributed by atoms with van der Waals surface area (Å²) in [6.45, 7) is 3.86. The van der Waals surface area contributed by atoms with E-state index in [1.54, 1.807) is 19.1 Å². The van der Waals surface area contributed by atoms with Crippen LogP contribution in [0, 0.1) is 6.92 Å². The van der Waals surface area contributed by atoms with E-state index in [1.807, 2.05) is 78.2 Å². The molecule has 0 bridgehead atoms. The van der Waals surface area contributed by atoms with Crippen molar-refractivity contribution in [3.05, 3.63) is 95.8 Å². The molecule has 1 N–H and O–H groups in total. The van der Waals surface area contributed by atoms with Crippen molar-refractivity contribution >= 4 is 22.9 Å². The summed E-state index contributed by atoms with van der Waals surface area (Å²) in [7, 11) is 0. The van der Waals surface area contributed by atoms with Gasteiger partial charge in [0.25, 0.3) is 5.91 Å². The Kier molecular flexibility index (Phi) is 5.80. The van der Waals surface area contributed by atoms with E-state index in [-0.39, 0.29) is 5.91 Å². The van der Waals surface area contributed by atoms with Crippen LogP contribution in [0.15, 0.2) is 78.9 Å². The SMILES string of the molecule is Cc1nc2cc(C(=O)O[C@H](C)C(=O)NCc3ccccc3)ccc2n1-c1ccccc1. The Morgan fingerprint density at radius 3 is 2.39 bits per heavy atom. The summed E-state index contributed by atoms with van der Waals surface area (Å²) in [5.74, 6) is -0.0842. The van der Waals surface area contributed by atoms with Crippen molar-refractivity contribution in [2.24, 2.45) is 0 Å². The quantitative estimate of drug-likeness (QED) is 0.481. The summed E-state index contributed by atoms with van der Waals surface area (Å²) in [4.78, 5) is 29.5. The maximum Gasteiger partial charge on any atom is 0.338 e. The third-order valence-electron chi connectivity index (χ3n) is 5.03. The molecule has 0 saturated heterocycles. The highest BCUT2D eigenvalue weighted by molar-refractivity contribution is 5.95. The van der Waals surface area contributed by atoms with Crippen LogP contribution >= 0.6 is 0 Å². The molecule has 0 aliphatic heterocycles. The Balaban J connectivity index is 1.46. The zero-order chi connectivity index (χ0) is 21.8. The third kappa shape index (κ3) is 4.48. The van der Waals surface area contributed by atoms with E-state index < -0.39 is 12.1 Å². The maximum absolute atomic E-state index is 12.6. The van der Waals surface area contributed by atoms with Crippen LogP contribution in [0.3, 0.4) is 0 Å². The van der Waals surface area contributed by atoms with Gasteiger partial charge >= 0.3 is 5.97 Å². The molecular weight excluding hydrogens is 390 g/mol. The van der Waals surface area contributed by atoms with Crippen LogP contribution in [-0.2, 0) is 16.1 Å². The van der Waals surface area contributed by atoms with Crippen LogP contribution in [0.5, 0.6) is 0 Å². The highest BCUT2D eigenvalue weighted by Gasteiger charge is 2.20. The van der Waals surface area contributed by atoms with Gasteiger partial charge in [-0.05, 0) is 49.7 Å². The van der Waals surface area contributed by atoms with Crippen molar-refractivity contribution < 1.29 is 14.3 Å². The second-order valence-electron chi connectivity index (χ2n) is 7.28. The molecule has 1 heterocycles. The highest BCUT2D eigenvalue weighted by atomic mass is 16.5. The van der Waals surface area contributed by atoms with E-state index in [0.717, 1.165) is 22.6 Å². The van der Waals surface area contributed by atoms with E-state index >= 15 is 0 Å². The number of para-hydroxylation sites is 1. The van der Waals surface area contributed by atoms with Gasteiger partial charge in [0.1, 0.15) is 5.82 Å². The minimum absolute atomic E-state index is 0.345. The fourth-order valence-corrected chi connectivity index (χ4v) is 3.44. The molecule has 4 rings (SSSR count). The molecule has 4 aromatic rings. The molecule has 1 aromatic heterocycles. The molecule has 0 aliphatic carbocycles. The number of aryl methyl sites for hydroxylation is 1. The minimum Gasteiger partial charge on any atom is -0.449 e. The number of rotatable bonds is 6. The van der Waals surface area contributed by atoms with Crippen molar-refractivity contribution in [3.63, 3.8) is 0 Å². The standard InChI is InChI=1S/C25H23N3O3/c1-17(24(29)26-16-19-9-5-3-6-10-19)31-25(30)20-13-14-23-22(15-20)27-18(2)28(23)21-11-7-4-8-12-21/h3-15,17H,16H2,1-2H3,(H,26,29)/t17-/m1/s1. The summed E-state index contributed by atoms with van der Waals surface area (Å²) in [6, 6.07) is 24.7. The normalized spacial score (nSPS) is 11.8. The van der Waals surface area contributed by atoms with E-state index in [0.29, 0.717) is 17.6 Å². The molecule has 0 aliphatic rings. The van der Waals surface area contributed by atoms with E-state index in [1.165, 1.54) is 0 Å². The number of hydrogen-bond donors (Lipinski definition) is 1. The third-order valence-corrected chi connectivity index (χ3v) is 5.03. The summed E-state index contributed by atoms with van der Waals surface area (Å²) >= 11 is 0. The van der Waals surface area contributed by atoms with Gasteiger partial charge in [0.05, 0.1) is 16.6 Å². The van der Waals surface area contributed by atoms with Crippen LogP contribution in [0.4, 0.5) is 0 Å². The smallest absolute Gasteiger partial charge is 0.338 e. The molecule has 156 valence electrons. The second-order valence-corrected chi connectivity index (χ2v) is 7.28. The Morgan fingerprint density at radius 2 is 1.68 bits per heavy atom. The first-order chi connectivity index (χ1) is 15.0. The van der Waals surface area contributed by atoms with Crippen molar-refractivity contribution in [2.45, 2.75) is 26.5 Å². The van der Waals surface area contributed by atoms with Crippen LogP contribution < -0.4 is 5.32 Å². The van der Waals surface area contributed by atoms with Crippen LogP contribution in [-0.4, -0.2) is 27.5 Å². The lowest BCUT2D eigenvalue weighted by Crippen LogP contribution is -2.35. The van der Waals surface area contributed by atoms with Crippen molar-refractivity contribution in [3.8, 4) is 5.69 Å². The monoisotopic (exact) mass is 413 g/mol. The predicted molar refractivity (Wildman–Crippen MR) is 119 cm³/mol. The topological polar surface area (TPSA) is 73.2 Å². The molecule has 1 amide bonds. The molecule has 3 aromatic carbocycles. The Hall–Kier alpha value is -3.93.